The van der Waals surface area contributed by atoms with Gasteiger partial charge in [0.05, 0.1) is 31.8 Å². The molecular formula is C29H38N2O11S. The van der Waals surface area contributed by atoms with E-state index in [4.69, 9.17) is 33.2 Å². The number of allylic oxidation sites excluding steroid dienone is 1. The van der Waals surface area contributed by atoms with Crippen LogP contribution in [0.1, 0.15) is 17.9 Å². The lowest BCUT2D eigenvalue weighted by Gasteiger charge is -2.32. The number of fused-ring (bicyclic) bond motifs is 1. The zero-order valence-electron chi connectivity index (χ0n) is 24.6. The Balaban J connectivity index is 1.49. The molecule has 0 bridgehead atoms. The van der Waals surface area contributed by atoms with E-state index >= 15 is 0 Å². The molecule has 0 radical (unpaired) electrons. The summed E-state index contributed by atoms with van der Waals surface area (Å²) in [5, 5.41) is 9.57. The van der Waals surface area contributed by atoms with Crippen molar-refractivity contribution >= 4 is 15.9 Å². The molecule has 2 aliphatic heterocycles. The van der Waals surface area contributed by atoms with Gasteiger partial charge in [0, 0.05) is 46.7 Å². The van der Waals surface area contributed by atoms with Gasteiger partial charge in [-0.3, -0.25) is 4.79 Å². The van der Waals surface area contributed by atoms with Crippen molar-refractivity contribution in [2.24, 2.45) is 0 Å². The number of amides is 1. The van der Waals surface area contributed by atoms with Crippen molar-refractivity contribution in [3.8, 4) is 17.2 Å². The summed E-state index contributed by atoms with van der Waals surface area (Å²) in [6.45, 7) is -0.324. The van der Waals surface area contributed by atoms with Gasteiger partial charge in [0.25, 0.3) is 5.91 Å². The summed E-state index contributed by atoms with van der Waals surface area (Å²) < 4.78 is 66.2. The van der Waals surface area contributed by atoms with Crippen LogP contribution in [0.4, 0.5) is 0 Å². The van der Waals surface area contributed by atoms with Crippen molar-refractivity contribution in [2.45, 2.75) is 29.8 Å². The van der Waals surface area contributed by atoms with Crippen molar-refractivity contribution < 1.29 is 51.5 Å². The van der Waals surface area contributed by atoms with Gasteiger partial charge in [-0.15, -0.1) is 0 Å². The second-order valence-corrected chi connectivity index (χ2v) is 11.7. The van der Waals surface area contributed by atoms with Crippen molar-refractivity contribution in [3.05, 3.63) is 59.9 Å². The summed E-state index contributed by atoms with van der Waals surface area (Å²) >= 11 is 0. The van der Waals surface area contributed by atoms with E-state index in [0.29, 0.717) is 23.7 Å². The average molecular weight is 623 g/mol. The standard InChI is InChI=1S/C29H38N2O11S/c1-30(18-28(37-3)38-4)29(33)26-16-21(20-5-10-24-25(15-20)41-19-40-24)17-27(42-26)39-14-12-31(11-13-32)43(34,35)23-8-6-22(36-2)7-9-23/h5-10,15-16,21,27-28,32H,11-14,17-19H2,1-4H3/t21-,27+/m1/s1. The largest absolute Gasteiger partial charge is 0.497 e. The monoisotopic (exact) mass is 622 g/mol. The minimum atomic E-state index is -3.93. The number of rotatable bonds is 15. The third kappa shape index (κ3) is 7.96. The van der Waals surface area contributed by atoms with Gasteiger partial charge in [0.2, 0.25) is 23.1 Å². The number of carbonyl (C=O) groups is 1. The number of ether oxygens (including phenoxy) is 7. The SMILES string of the molecule is COc1ccc(S(=O)(=O)N(CCO)CCO[C@@H]2C[C@H](c3ccc4c(c3)OCO4)C=C(C(=O)N(C)CC(OC)OC)O2)cc1. The maximum Gasteiger partial charge on any atom is 0.288 e. The number of aliphatic hydroxyl groups excluding tert-OH is 1. The zero-order chi connectivity index (χ0) is 31.0. The van der Waals surface area contributed by atoms with Crippen LogP contribution < -0.4 is 14.2 Å². The second-order valence-electron chi connectivity index (χ2n) is 9.79. The molecule has 2 aromatic rings. The molecular weight excluding hydrogens is 584 g/mol. The molecule has 236 valence electrons. The van der Waals surface area contributed by atoms with Crippen molar-refractivity contribution in [1.82, 2.24) is 9.21 Å². The van der Waals surface area contributed by atoms with Gasteiger partial charge in [-0.2, -0.15) is 4.31 Å². The summed E-state index contributed by atoms with van der Waals surface area (Å²) in [7, 11) is 2.14. The number of methoxy groups -OCH3 is 3. The molecule has 2 heterocycles. The molecule has 14 heteroatoms. The highest BCUT2D eigenvalue weighted by atomic mass is 32.2. The predicted octanol–water partition coefficient (Wildman–Crippen LogP) is 1.91. The Labute approximate surface area is 251 Å². The van der Waals surface area contributed by atoms with Crippen LogP contribution in [0.2, 0.25) is 0 Å². The van der Waals surface area contributed by atoms with Gasteiger partial charge in [-0.25, -0.2) is 8.42 Å². The molecule has 0 unspecified atom stereocenters. The van der Waals surface area contributed by atoms with E-state index in [0.717, 1.165) is 9.87 Å². The Morgan fingerprint density at radius 1 is 1.05 bits per heavy atom. The normalized spacial score (nSPS) is 18.0. The average Bonchev–Trinajstić information content (AvgIpc) is 3.50. The molecule has 0 fully saturated rings. The number of carbonyl (C=O) groups excluding carboxylic acids is 1. The third-order valence-electron chi connectivity index (χ3n) is 7.08. The molecule has 4 rings (SSSR count). The zero-order valence-corrected chi connectivity index (χ0v) is 25.4. The molecule has 1 N–H and O–H groups in total. The third-order valence-corrected chi connectivity index (χ3v) is 8.99. The number of sulfonamides is 1. The summed E-state index contributed by atoms with van der Waals surface area (Å²) in [6, 6.07) is 11.5. The minimum Gasteiger partial charge on any atom is -0.497 e. The minimum absolute atomic E-state index is 0.0549. The number of likely N-dealkylation sites (N-methyl/N-ethyl adjacent to an activating group) is 1. The second kappa shape index (κ2) is 14.9. The van der Waals surface area contributed by atoms with Crippen LogP contribution in [0.3, 0.4) is 0 Å². The number of hydrogen-bond acceptors (Lipinski definition) is 11. The molecule has 1 amide bonds. The van der Waals surface area contributed by atoms with Crippen LogP contribution >= 0.6 is 0 Å². The Hall–Kier alpha value is -3.40. The quantitative estimate of drug-likeness (QED) is 0.291. The topological polar surface area (TPSA) is 143 Å². The van der Waals surface area contributed by atoms with E-state index in [2.05, 4.69) is 0 Å². The maximum absolute atomic E-state index is 13.4. The lowest BCUT2D eigenvalue weighted by atomic mass is 9.92. The van der Waals surface area contributed by atoms with Crippen molar-refractivity contribution in [2.75, 3.05) is 68.0 Å². The fourth-order valence-corrected chi connectivity index (χ4v) is 6.09. The van der Waals surface area contributed by atoms with E-state index in [-0.39, 0.29) is 56.2 Å². The molecule has 2 aliphatic rings. The Morgan fingerprint density at radius 3 is 2.44 bits per heavy atom. The number of nitrogens with zero attached hydrogens (tertiary/aromatic N) is 2. The van der Waals surface area contributed by atoms with Crippen LogP contribution in [-0.4, -0.2) is 109 Å². The molecule has 2 aromatic carbocycles. The Bertz CT molecular complexity index is 1360. The molecule has 2 atom stereocenters. The molecule has 0 spiro atoms. The Morgan fingerprint density at radius 2 is 1.77 bits per heavy atom. The molecule has 0 saturated heterocycles. The summed E-state index contributed by atoms with van der Waals surface area (Å²) in [5.74, 6) is 1.15. The summed E-state index contributed by atoms with van der Waals surface area (Å²) in [5.41, 5.74) is 0.866. The van der Waals surface area contributed by atoms with Crippen LogP contribution in [-0.2, 0) is 33.8 Å². The van der Waals surface area contributed by atoms with E-state index < -0.39 is 28.5 Å². The fraction of sp³-hybridized carbons (Fsp3) is 0.483. The van der Waals surface area contributed by atoms with Crippen LogP contribution in [0, 0.1) is 0 Å². The first-order valence-electron chi connectivity index (χ1n) is 13.7. The summed E-state index contributed by atoms with van der Waals surface area (Å²) in [6.07, 6.45) is 0.592. The lowest BCUT2D eigenvalue weighted by molar-refractivity contribution is -0.158. The molecule has 0 saturated carbocycles. The Kier molecular flexibility index (Phi) is 11.2. The van der Waals surface area contributed by atoms with Crippen LogP contribution in [0.25, 0.3) is 0 Å². The van der Waals surface area contributed by atoms with E-state index in [1.165, 1.54) is 38.4 Å². The van der Waals surface area contributed by atoms with Gasteiger partial charge >= 0.3 is 0 Å². The first-order valence-corrected chi connectivity index (χ1v) is 15.1. The molecule has 0 aromatic heterocycles. The highest BCUT2D eigenvalue weighted by Gasteiger charge is 2.32. The molecule has 43 heavy (non-hydrogen) atoms. The van der Waals surface area contributed by atoms with Gasteiger partial charge in [0.1, 0.15) is 5.75 Å². The van der Waals surface area contributed by atoms with Crippen LogP contribution in [0.15, 0.2) is 59.2 Å². The van der Waals surface area contributed by atoms with Gasteiger partial charge in [-0.05, 0) is 48.0 Å². The van der Waals surface area contributed by atoms with Crippen molar-refractivity contribution in [1.29, 1.82) is 0 Å². The first-order chi connectivity index (χ1) is 20.7. The molecule has 0 aliphatic carbocycles. The smallest absolute Gasteiger partial charge is 0.288 e. The lowest BCUT2D eigenvalue weighted by Crippen LogP contribution is -2.40. The van der Waals surface area contributed by atoms with Gasteiger partial charge in [-0.1, -0.05) is 6.07 Å². The van der Waals surface area contributed by atoms with E-state index in [1.54, 1.807) is 25.3 Å². The fourth-order valence-electron chi connectivity index (χ4n) is 4.67. The molecule has 13 nitrogen and oxygen atoms in total. The number of hydrogen-bond donors (Lipinski definition) is 1. The number of aliphatic hydroxyl groups is 1. The van der Waals surface area contributed by atoms with Gasteiger partial charge < -0.3 is 43.2 Å². The predicted molar refractivity (Wildman–Crippen MR) is 153 cm³/mol. The van der Waals surface area contributed by atoms with Gasteiger partial charge in [0.15, 0.2) is 23.5 Å². The van der Waals surface area contributed by atoms with E-state index in [9.17, 15) is 18.3 Å². The highest BCUT2D eigenvalue weighted by molar-refractivity contribution is 7.89. The summed E-state index contributed by atoms with van der Waals surface area (Å²) in [4.78, 5) is 14.9. The first kappa shape index (κ1) is 32.5. The maximum atomic E-state index is 13.4. The van der Waals surface area contributed by atoms with Crippen LogP contribution in [0.5, 0.6) is 17.2 Å². The highest BCUT2D eigenvalue weighted by Crippen LogP contribution is 2.38. The van der Waals surface area contributed by atoms with E-state index in [1.807, 2.05) is 18.2 Å². The number of benzene rings is 2. The van der Waals surface area contributed by atoms with Crippen molar-refractivity contribution in [3.63, 3.8) is 0 Å².